The SMILES string of the molecule is Cc1nc2sc(C(=O)N(C)Cc3ccccc3)c(N)c2c(C)c1Cl. The van der Waals surface area contributed by atoms with Gasteiger partial charge in [0.05, 0.1) is 16.4 Å². The Bertz CT molecular complexity index is 921. The van der Waals surface area contributed by atoms with Gasteiger partial charge in [-0.25, -0.2) is 4.98 Å². The smallest absolute Gasteiger partial charge is 0.266 e. The summed E-state index contributed by atoms with van der Waals surface area (Å²) in [5, 5.41) is 1.38. The lowest BCUT2D eigenvalue weighted by molar-refractivity contribution is 0.0791. The van der Waals surface area contributed by atoms with Gasteiger partial charge in [0.2, 0.25) is 0 Å². The minimum absolute atomic E-state index is 0.104. The average molecular weight is 360 g/mol. The summed E-state index contributed by atoms with van der Waals surface area (Å²) in [6, 6.07) is 9.86. The van der Waals surface area contributed by atoms with Crippen LogP contribution in [0.1, 0.15) is 26.5 Å². The van der Waals surface area contributed by atoms with Crippen molar-refractivity contribution >= 4 is 44.7 Å². The number of anilines is 1. The molecule has 2 N–H and O–H groups in total. The van der Waals surface area contributed by atoms with Gasteiger partial charge in [-0.15, -0.1) is 11.3 Å². The van der Waals surface area contributed by atoms with Crippen molar-refractivity contribution in [1.29, 1.82) is 0 Å². The van der Waals surface area contributed by atoms with Crippen LogP contribution in [0, 0.1) is 13.8 Å². The van der Waals surface area contributed by atoms with Gasteiger partial charge < -0.3 is 10.6 Å². The van der Waals surface area contributed by atoms with Gasteiger partial charge in [0, 0.05) is 19.0 Å². The topological polar surface area (TPSA) is 59.2 Å². The minimum Gasteiger partial charge on any atom is -0.397 e. The third-order valence-electron chi connectivity index (χ3n) is 4.02. The second-order valence-corrected chi connectivity index (χ2v) is 7.19. The largest absolute Gasteiger partial charge is 0.397 e. The monoisotopic (exact) mass is 359 g/mol. The number of nitrogens with two attached hydrogens (primary N) is 1. The zero-order valence-electron chi connectivity index (χ0n) is 13.8. The normalized spacial score (nSPS) is 11.0. The number of benzene rings is 1. The van der Waals surface area contributed by atoms with Crippen molar-refractivity contribution in [3.8, 4) is 0 Å². The van der Waals surface area contributed by atoms with E-state index in [9.17, 15) is 4.79 Å². The molecule has 3 aromatic rings. The second kappa shape index (κ2) is 6.42. The second-order valence-electron chi connectivity index (χ2n) is 5.81. The zero-order valence-corrected chi connectivity index (χ0v) is 15.3. The first-order valence-electron chi connectivity index (χ1n) is 7.54. The number of aromatic nitrogens is 1. The number of hydrogen-bond acceptors (Lipinski definition) is 4. The van der Waals surface area contributed by atoms with E-state index in [4.69, 9.17) is 17.3 Å². The third-order valence-corrected chi connectivity index (χ3v) is 5.67. The predicted molar refractivity (Wildman–Crippen MR) is 101 cm³/mol. The summed E-state index contributed by atoms with van der Waals surface area (Å²) in [4.78, 5) is 20.2. The zero-order chi connectivity index (χ0) is 17.4. The number of amides is 1. The van der Waals surface area contributed by atoms with E-state index in [1.54, 1.807) is 11.9 Å². The van der Waals surface area contributed by atoms with Crippen LogP contribution in [-0.2, 0) is 6.54 Å². The van der Waals surface area contributed by atoms with Crippen LogP contribution < -0.4 is 5.73 Å². The number of carbonyl (C=O) groups excluding carboxylic acids is 1. The minimum atomic E-state index is -0.104. The van der Waals surface area contributed by atoms with Crippen LogP contribution in [0.2, 0.25) is 5.02 Å². The Morgan fingerprint density at radius 3 is 2.62 bits per heavy atom. The van der Waals surface area contributed by atoms with Crippen LogP contribution in [0.4, 0.5) is 5.69 Å². The molecule has 0 bridgehead atoms. The maximum absolute atomic E-state index is 12.8. The fraction of sp³-hybridized carbons (Fsp3) is 0.222. The Balaban J connectivity index is 1.98. The summed E-state index contributed by atoms with van der Waals surface area (Å²) in [7, 11) is 1.78. The maximum Gasteiger partial charge on any atom is 0.266 e. The number of nitrogens with zero attached hydrogens (tertiary/aromatic N) is 2. The third kappa shape index (κ3) is 2.85. The van der Waals surface area contributed by atoms with E-state index in [0.29, 0.717) is 22.1 Å². The van der Waals surface area contributed by atoms with Gasteiger partial charge in [-0.1, -0.05) is 41.9 Å². The van der Waals surface area contributed by atoms with Crippen molar-refractivity contribution in [3.05, 3.63) is 57.1 Å². The van der Waals surface area contributed by atoms with Crippen molar-refractivity contribution in [2.45, 2.75) is 20.4 Å². The van der Waals surface area contributed by atoms with E-state index in [0.717, 1.165) is 27.0 Å². The van der Waals surface area contributed by atoms with Crippen LogP contribution in [0.3, 0.4) is 0 Å². The molecule has 3 rings (SSSR count). The molecule has 0 unspecified atom stereocenters. The lowest BCUT2D eigenvalue weighted by Crippen LogP contribution is -2.26. The molecule has 1 amide bonds. The van der Waals surface area contributed by atoms with E-state index in [-0.39, 0.29) is 5.91 Å². The number of nitrogen functional groups attached to an aromatic ring is 1. The highest BCUT2D eigenvalue weighted by atomic mass is 35.5. The van der Waals surface area contributed by atoms with E-state index in [1.807, 2.05) is 44.2 Å². The van der Waals surface area contributed by atoms with Crippen molar-refractivity contribution in [3.63, 3.8) is 0 Å². The highest BCUT2D eigenvalue weighted by Gasteiger charge is 2.23. The van der Waals surface area contributed by atoms with Crippen molar-refractivity contribution < 1.29 is 4.79 Å². The summed E-state index contributed by atoms with van der Waals surface area (Å²) >= 11 is 7.60. The van der Waals surface area contributed by atoms with Crippen molar-refractivity contribution in [1.82, 2.24) is 9.88 Å². The number of halogens is 1. The predicted octanol–water partition coefficient (Wildman–Crippen LogP) is 4.42. The lowest BCUT2D eigenvalue weighted by Gasteiger charge is -2.16. The first-order valence-corrected chi connectivity index (χ1v) is 8.73. The Morgan fingerprint density at radius 1 is 1.29 bits per heavy atom. The molecule has 24 heavy (non-hydrogen) atoms. The molecule has 0 saturated carbocycles. The number of pyridine rings is 1. The molecule has 0 aliphatic heterocycles. The van der Waals surface area contributed by atoms with Gasteiger partial charge in [-0.2, -0.15) is 0 Å². The van der Waals surface area contributed by atoms with Gasteiger partial charge in [0.15, 0.2) is 0 Å². The highest BCUT2D eigenvalue weighted by molar-refractivity contribution is 7.21. The molecule has 124 valence electrons. The van der Waals surface area contributed by atoms with E-state index in [2.05, 4.69) is 4.98 Å². The van der Waals surface area contributed by atoms with Gasteiger partial charge in [0.25, 0.3) is 5.91 Å². The number of thiophene rings is 1. The molecule has 0 atom stereocenters. The molecule has 2 aromatic heterocycles. The molecule has 1 aromatic carbocycles. The summed E-state index contributed by atoms with van der Waals surface area (Å²) in [6.45, 7) is 4.29. The van der Waals surface area contributed by atoms with E-state index in [1.165, 1.54) is 11.3 Å². The number of aryl methyl sites for hydroxylation is 2. The van der Waals surface area contributed by atoms with Crippen molar-refractivity contribution in [2.75, 3.05) is 12.8 Å². The first kappa shape index (κ1) is 16.7. The number of hydrogen-bond donors (Lipinski definition) is 1. The quantitative estimate of drug-likeness (QED) is 0.753. The van der Waals surface area contributed by atoms with Crippen LogP contribution >= 0.6 is 22.9 Å². The molecule has 2 heterocycles. The fourth-order valence-corrected chi connectivity index (χ4v) is 4.05. The Kier molecular flexibility index (Phi) is 4.47. The molecule has 0 saturated heterocycles. The molecule has 0 aliphatic rings. The van der Waals surface area contributed by atoms with Gasteiger partial charge in [-0.05, 0) is 25.0 Å². The number of carbonyl (C=O) groups is 1. The Labute approximate surface area is 149 Å². The van der Waals surface area contributed by atoms with Crippen LogP contribution in [-0.4, -0.2) is 22.8 Å². The molecular formula is C18H18ClN3OS. The molecule has 0 spiro atoms. The summed E-state index contributed by atoms with van der Waals surface area (Å²) < 4.78 is 0. The Hall–Kier alpha value is -2.11. The van der Waals surface area contributed by atoms with Gasteiger partial charge in [0.1, 0.15) is 9.71 Å². The Morgan fingerprint density at radius 2 is 1.96 bits per heavy atom. The number of fused-ring (bicyclic) bond motifs is 1. The summed E-state index contributed by atoms with van der Waals surface area (Å²) in [5.74, 6) is -0.104. The van der Waals surface area contributed by atoms with Gasteiger partial charge >= 0.3 is 0 Å². The molecule has 4 nitrogen and oxygen atoms in total. The first-order chi connectivity index (χ1) is 11.4. The standard InChI is InChI=1S/C18H18ClN3OS/c1-10-13-15(20)16(24-17(13)21-11(2)14(10)19)18(23)22(3)9-12-7-5-4-6-8-12/h4-8H,9,20H2,1-3H3. The van der Waals surface area contributed by atoms with Crippen LogP contribution in [0.5, 0.6) is 0 Å². The fourth-order valence-electron chi connectivity index (χ4n) is 2.72. The maximum atomic E-state index is 12.8. The highest BCUT2D eigenvalue weighted by Crippen LogP contribution is 2.38. The van der Waals surface area contributed by atoms with E-state index < -0.39 is 0 Å². The lowest BCUT2D eigenvalue weighted by atomic mass is 10.1. The summed E-state index contributed by atoms with van der Waals surface area (Å²) in [5.41, 5.74) is 9.41. The number of rotatable bonds is 3. The molecule has 0 fully saturated rings. The summed E-state index contributed by atoms with van der Waals surface area (Å²) in [6.07, 6.45) is 0. The van der Waals surface area contributed by atoms with Crippen LogP contribution in [0.25, 0.3) is 10.2 Å². The average Bonchev–Trinajstić information content (AvgIpc) is 2.89. The van der Waals surface area contributed by atoms with Crippen molar-refractivity contribution in [2.24, 2.45) is 0 Å². The van der Waals surface area contributed by atoms with E-state index >= 15 is 0 Å². The molecule has 0 aliphatic carbocycles. The molecule has 6 heteroatoms. The van der Waals surface area contributed by atoms with Crippen LogP contribution in [0.15, 0.2) is 30.3 Å². The molecular weight excluding hydrogens is 342 g/mol. The molecule has 0 radical (unpaired) electrons. The van der Waals surface area contributed by atoms with Gasteiger partial charge in [-0.3, -0.25) is 4.79 Å².